The lowest BCUT2D eigenvalue weighted by Crippen LogP contribution is -2.08. The summed E-state index contributed by atoms with van der Waals surface area (Å²) in [6, 6.07) is 5.75. The molecule has 0 bridgehead atoms. The first kappa shape index (κ1) is 13.4. The van der Waals surface area contributed by atoms with Gasteiger partial charge in [-0.3, -0.25) is 0 Å². The van der Waals surface area contributed by atoms with Gasteiger partial charge in [-0.05, 0) is 32.4 Å². The fourth-order valence-corrected chi connectivity index (χ4v) is 1.68. The van der Waals surface area contributed by atoms with Crippen molar-refractivity contribution < 1.29 is 9.15 Å². The standard InChI is InChI=1S/C14H19N3O2/c1-4-7-18-14-8-13(15-9-16-14)17-11(3)12-6-5-10(2)19-12/h5-6,8-9,11H,4,7H2,1-3H3,(H,15,16,17). The first-order valence-corrected chi connectivity index (χ1v) is 6.46. The Bertz CT molecular complexity index is 525. The summed E-state index contributed by atoms with van der Waals surface area (Å²) in [5.74, 6) is 3.09. The summed E-state index contributed by atoms with van der Waals surface area (Å²) in [5.41, 5.74) is 0. The minimum absolute atomic E-state index is 0.0441. The summed E-state index contributed by atoms with van der Waals surface area (Å²) in [6.07, 6.45) is 2.45. The SMILES string of the molecule is CCCOc1cc(NC(C)c2ccc(C)o2)ncn1. The number of hydrogen-bond acceptors (Lipinski definition) is 5. The molecule has 0 spiro atoms. The number of nitrogens with zero attached hydrogens (tertiary/aromatic N) is 2. The topological polar surface area (TPSA) is 60.2 Å². The molecule has 0 aromatic carbocycles. The molecule has 0 amide bonds. The van der Waals surface area contributed by atoms with E-state index in [0.29, 0.717) is 12.5 Å². The maximum atomic E-state index is 5.58. The monoisotopic (exact) mass is 261 g/mol. The quantitative estimate of drug-likeness (QED) is 0.864. The van der Waals surface area contributed by atoms with Crippen molar-refractivity contribution in [2.24, 2.45) is 0 Å². The van der Waals surface area contributed by atoms with Crippen molar-refractivity contribution in [3.05, 3.63) is 36.0 Å². The Morgan fingerprint density at radius 2 is 2.21 bits per heavy atom. The molecule has 1 atom stereocenters. The van der Waals surface area contributed by atoms with Crippen LogP contribution in [-0.2, 0) is 0 Å². The molecule has 0 saturated carbocycles. The van der Waals surface area contributed by atoms with E-state index in [-0.39, 0.29) is 6.04 Å². The summed E-state index contributed by atoms with van der Waals surface area (Å²) in [4.78, 5) is 8.24. The molecule has 2 aromatic rings. The molecule has 0 aliphatic heterocycles. The molecule has 5 nitrogen and oxygen atoms in total. The Kier molecular flexibility index (Phi) is 4.39. The second-order valence-corrected chi connectivity index (χ2v) is 4.40. The van der Waals surface area contributed by atoms with Crippen molar-refractivity contribution >= 4 is 5.82 Å². The van der Waals surface area contributed by atoms with Crippen LogP contribution in [-0.4, -0.2) is 16.6 Å². The Labute approximate surface area is 113 Å². The van der Waals surface area contributed by atoms with Gasteiger partial charge in [0.15, 0.2) is 0 Å². The molecule has 1 unspecified atom stereocenters. The lowest BCUT2D eigenvalue weighted by molar-refractivity contribution is 0.305. The number of nitrogens with one attached hydrogen (secondary N) is 1. The van der Waals surface area contributed by atoms with Crippen molar-refractivity contribution in [2.75, 3.05) is 11.9 Å². The molecular formula is C14H19N3O2. The number of aryl methyl sites for hydroxylation is 1. The van der Waals surface area contributed by atoms with E-state index in [2.05, 4.69) is 22.2 Å². The van der Waals surface area contributed by atoms with Crippen molar-refractivity contribution in [3.63, 3.8) is 0 Å². The van der Waals surface area contributed by atoms with E-state index in [0.717, 1.165) is 23.8 Å². The maximum Gasteiger partial charge on any atom is 0.218 e. The summed E-state index contributed by atoms with van der Waals surface area (Å²) in [5, 5.41) is 3.26. The van der Waals surface area contributed by atoms with Gasteiger partial charge in [0, 0.05) is 6.07 Å². The zero-order valence-electron chi connectivity index (χ0n) is 11.5. The summed E-state index contributed by atoms with van der Waals surface area (Å²) in [6.45, 7) is 6.66. The largest absolute Gasteiger partial charge is 0.478 e. The summed E-state index contributed by atoms with van der Waals surface area (Å²) in [7, 11) is 0. The minimum atomic E-state index is 0.0441. The molecule has 0 fully saturated rings. The third-order valence-electron chi connectivity index (χ3n) is 2.65. The van der Waals surface area contributed by atoms with Gasteiger partial charge in [-0.15, -0.1) is 0 Å². The molecular weight excluding hydrogens is 242 g/mol. The summed E-state index contributed by atoms with van der Waals surface area (Å²) >= 11 is 0. The highest BCUT2D eigenvalue weighted by Crippen LogP contribution is 2.21. The van der Waals surface area contributed by atoms with Crippen LogP contribution in [0.2, 0.25) is 0 Å². The van der Waals surface area contributed by atoms with Gasteiger partial charge in [0.05, 0.1) is 12.6 Å². The highest BCUT2D eigenvalue weighted by atomic mass is 16.5. The van der Waals surface area contributed by atoms with E-state index in [4.69, 9.17) is 9.15 Å². The smallest absolute Gasteiger partial charge is 0.218 e. The molecule has 0 saturated heterocycles. The van der Waals surface area contributed by atoms with Gasteiger partial charge < -0.3 is 14.5 Å². The van der Waals surface area contributed by atoms with Crippen LogP contribution >= 0.6 is 0 Å². The van der Waals surface area contributed by atoms with Crippen LogP contribution < -0.4 is 10.1 Å². The molecule has 0 radical (unpaired) electrons. The molecule has 102 valence electrons. The molecule has 0 aliphatic carbocycles. The highest BCUT2D eigenvalue weighted by Gasteiger charge is 2.10. The average molecular weight is 261 g/mol. The average Bonchev–Trinajstić information content (AvgIpc) is 2.83. The van der Waals surface area contributed by atoms with Crippen LogP contribution in [0.4, 0.5) is 5.82 Å². The first-order valence-electron chi connectivity index (χ1n) is 6.46. The van der Waals surface area contributed by atoms with E-state index >= 15 is 0 Å². The minimum Gasteiger partial charge on any atom is -0.478 e. The molecule has 2 rings (SSSR count). The zero-order valence-corrected chi connectivity index (χ0v) is 11.5. The van der Waals surface area contributed by atoms with Gasteiger partial charge in [-0.1, -0.05) is 6.92 Å². The lowest BCUT2D eigenvalue weighted by atomic mass is 10.2. The van der Waals surface area contributed by atoms with E-state index in [9.17, 15) is 0 Å². The van der Waals surface area contributed by atoms with Crippen LogP contribution in [0.25, 0.3) is 0 Å². The first-order chi connectivity index (χ1) is 9.19. The van der Waals surface area contributed by atoms with Crippen molar-refractivity contribution in [1.82, 2.24) is 9.97 Å². The third-order valence-corrected chi connectivity index (χ3v) is 2.65. The van der Waals surface area contributed by atoms with Crippen molar-refractivity contribution in [2.45, 2.75) is 33.2 Å². The van der Waals surface area contributed by atoms with Crippen molar-refractivity contribution in [3.8, 4) is 5.88 Å². The predicted molar refractivity (Wildman–Crippen MR) is 73.3 cm³/mol. The van der Waals surface area contributed by atoms with E-state index in [1.807, 2.05) is 26.0 Å². The second kappa shape index (κ2) is 6.22. The Morgan fingerprint density at radius 1 is 1.37 bits per heavy atom. The number of hydrogen-bond donors (Lipinski definition) is 1. The maximum absolute atomic E-state index is 5.58. The Balaban J connectivity index is 2.02. The number of aromatic nitrogens is 2. The van der Waals surface area contributed by atoms with Gasteiger partial charge in [0.25, 0.3) is 0 Å². The van der Waals surface area contributed by atoms with Gasteiger partial charge in [-0.2, -0.15) is 0 Å². The van der Waals surface area contributed by atoms with Gasteiger partial charge in [-0.25, -0.2) is 9.97 Å². The third kappa shape index (κ3) is 3.71. The van der Waals surface area contributed by atoms with Crippen LogP contribution in [0, 0.1) is 6.92 Å². The lowest BCUT2D eigenvalue weighted by Gasteiger charge is -2.12. The van der Waals surface area contributed by atoms with E-state index in [1.54, 1.807) is 6.07 Å². The Hall–Kier alpha value is -2.04. The van der Waals surface area contributed by atoms with Crippen LogP contribution in [0.15, 0.2) is 28.9 Å². The number of anilines is 1. The molecule has 1 N–H and O–H groups in total. The van der Waals surface area contributed by atoms with Gasteiger partial charge >= 0.3 is 0 Å². The number of ether oxygens (including phenoxy) is 1. The van der Waals surface area contributed by atoms with Crippen molar-refractivity contribution in [1.29, 1.82) is 0 Å². The zero-order chi connectivity index (χ0) is 13.7. The number of rotatable bonds is 6. The molecule has 2 aromatic heterocycles. The van der Waals surface area contributed by atoms with Crippen LogP contribution in [0.3, 0.4) is 0 Å². The van der Waals surface area contributed by atoms with Crippen LogP contribution in [0.5, 0.6) is 5.88 Å². The fourth-order valence-electron chi connectivity index (χ4n) is 1.68. The molecule has 2 heterocycles. The number of furan rings is 1. The summed E-state index contributed by atoms with van der Waals surface area (Å²) < 4.78 is 11.0. The molecule has 0 aliphatic rings. The highest BCUT2D eigenvalue weighted by molar-refractivity contribution is 5.39. The second-order valence-electron chi connectivity index (χ2n) is 4.40. The normalized spacial score (nSPS) is 12.2. The van der Waals surface area contributed by atoms with E-state index < -0.39 is 0 Å². The van der Waals surface area contributed by atoms with Gasteiger partial charge in [0.2, 0.25) is 5.88 Å². The van der Waals surface area contributed by atoms with E-state index in [1.165, 1.54) is 6.33 Å². The van der Waals surface area contributed by atoms with Crippen LogP contribution in [0.1, 0.15) is 37.8 Å². The fraction of sp³-hybridized carbons (Fsp3) is 0.429. The predicted octanol–water partition coefficient (Wildman–Crippen LogP) is 3.34. The molecule has 19 heavy (non-hydrogen) atoms. The Morgan fingerprint density at radius 3 is 2.89 bits per heavy atom. The molecule has 5 heteroatoms. The van der Waals surface area contributed by atoms with Gasteiger partial charge in [0.1, 0.15) is 23.7 Å².